The molecule has 0 amide bonds. The molecule has 1 unspecified atom stereocenters. The molecule has 1 heterocycles. The highest BCUT2D eigenvalue weighted by molar-refractivity contribution is 7.91. The van der Waals surface area contributed by atoms with Crippen molar-refractivity contribution in [2.75, 3.05) is 5.75 Å². The molecule has 0 aliphatic carbocycles. The Balaban J connectivity index is 2.22. The van der Waals surface area contributed by atoms with Crippen LogP contribution in [0.4, 0.5) is 4.39 Å². The van der Waals surface area contributed by atoms with Gasteiger partial charge in [0.1, 0.15) is 10.7 Å². The van der Waals surface area contributed by atoms with Crippen molar-refractivity contribution in [1.29, 1.82) is 0 Å². The number of hydrogen-bond acceptors (Lipinski definition) is 4. The minimum atomic E-state index is -3.86. The summed E-state index contributed by atoms with van der Waals surface area (Å²) in [6.07, 6.45) is 0.873. The van der Waals surface area contributed by atoms with Gasteiger partial charge in [-0.3, -0.25) is 0 Å². The fourth-order valence-electron chi connectivity index (χ4n) is 2.42. The molecule has 116 valence electrons. The Morgan fingerprint density at radius 3 is 2.62 bits per heavy atom. The van der Waals surface area contributed by atoms with E-state index in [9.17, 15) is 17.6 Å². The molecule has 1 aliphatic heterocycles. The Hall–Kier alpha value is -1.47. The van der Waals surface area contributed by atoms with Gasteiger partial charge in [-0.2, -0.15) is 0 Å². The molecule has 2 rings (SSSR count). The van der Waals surface area contributed by atoms with Crippen molar-refractivity contribution < 1.29 is 27.4 Å². The summed E-state index contributed by atoms with van der Waals surface area (Å²) in [6, 6.07) is 2.79. The standard InChI is InChI=1S/C14H17FO5S/c1-14(2)6-5-10(20-14)8-21(18,19)12-4-3-9(13(16)17)7-11(12)15/h3-4,7,10H,5-6,8H2,1-2H3,(H,16,17). The van der Waals surface area contributed by atoms with Gasteiger partial charge in [-0.1, -0.05) is 0 Å². The third-order valence-corrected chi connectivity index (χ3v) is 5.29. The normalized spacial score (nSPS) is 21.4. The van der Waals surface area contributed by atoms with Gasteiger partial charge in [-0.15, -0.1) is 0 Å². The highest BCUT2D eigenvalue weighted by atomic mass is 32.2. The topological polar surface area (TPSA) is 80.7 Å². The lowest BCUT2D eigenvalue weighted by Crippen LogP contribution is -2.26. The van der Waals surface area contributed by atoms with Crippen LogP contribution in [0.5, 0.6) is 0 Å². The molecule has 1 N–H and O–H groups in total. The molecule has 7 heteroatoms. The Morgan fingerprint density at radius 2 is 2.14 bits per heavy atom. The minimum Gasteiger partial charge on any atom is -0.478 e. The van der Waals surface area contributed by atoms with Crippen LogP contribution < -0.4 is 0 Å². The number of carboxylic acid groups (broad SMARTS) is 1. The first-order chi connectivity index (χ1) is 9.61. The lowest BCUT2D eigenvalue weighted by atomic mass is 10.1. The van der Waals surface area contributed by atoms with E-state index in [0.717, 1.165) is 18.6 Å². The number of carbonyl (C=O) groups is 1. The summed E-state index contributed by atoms with van der Waals surface area (Å²) in [6.45, 7) is 3.75. The lowest BCUT2D eigenvalue weighted by molar-refractivity contribution is -0.00529. The van der Waals surface area contributed by atoms with Crippen LogP contribution in [0, 0.1) is 5.82 Å². The summed E-state index contributed by atoms with van der Waals surface area (Å²) in [5, 5.41) is 8.75. The maximum atomic E-state index is 13.8. The average molecular weight is 316 g/mol. The van der Waals surface area contributed by atoms with Gasteiger partial charge in [0, 0.05) is 0 Å². The van der Waals surface area contributed by atoms with Crippen LogP contribution in [-0.2, 0) is 14.6 Å². The molecule has 1 saturated heterocycles. The summed E-state index contributed by atoms with van der Waals surface area (Å²) in [5.74, 6) is -2.66. The second-order valence-electron chi connectivity index (χ2n) is 5.77. The Bertz CT molecular complexity index is 666. The molecule has 21 heavy (non-hydrogen) atoms. The average Bonchev–Trinajstić information content (AvgIpc) is 2.67. The van der Waals surface area contributed by atoms with Gasteiger partial charge in [-0.05, 0) is 44.9 Å². The zero-order valence-electron chi connectivity index (χ0n) is 11.8. The predicted octanol–water partition coefficient (Wildman–Crippen LogP) is 2.26. The fourth-order valence-corrected chi connectivity index (χ4v) is 3.95. The van der Waals surface area contributed by atoms with Crippen molar-refractivity contribution in [2.24, 2.45) is 0 Å². The van der Waals surface area contributed by atoms with E-state index in [2.05, 4.69) is 0 Å². The first-order valence-corrected chi connectivity index (χ1v) is 8.19. The quantitative estimate of drug-likeness (QED) is 0.921. The highest BCUT2D eigenvalue weighted by Gasteiger charge is 2.35. The smallest absolute Gasteiger partial charge is 0.335 e. The van der Waals surface area contributed by atoms with Gasteiger partial charge >= 0.3 is 5.97 Å². The van der Waals surface area contributed by atoms with Crippen molar-refractivity contribution in [3.8, 4) is 0 Å². The highest BCUT2D eigenvalue weighted by Crippen LogP contribution is 2.31. The summed E-state index contributed by atoms with van der Waals surface area (Å²) in [7, 11) is -3.86. The molecule has 0 saturated carbocycles. The van der Waals surface area contributed by atoms with Crippen molar-refractivity contribution in [1.82, 2.24) is 0 Å². The molecule has 5 nitrogen and oxygen atoms in total. The van der Waals surface area contributed by atoms with E-state index in [1.807, 2.05) is 13.8 Å². The second-order valence-corrected chi connectivity index (χ2v) is 7.77. The van der Waals surface area contributed by atoms with Gasteiger partial charge in [-0.25, -0.2) is 17.6 Å². The van der Waals surface area contributed by atoms with Crippen molar-refractivity contribution in [3.05, 3.63) is 29.6 Å². The maximum absolute atomic E-state index is 13.8. The van der Waals surface area contributed by atoms with Gasteiger partial charge in [0.25, 0.3) is 0 Å². The van der Waals surface area contributed by atoms with E-state index in [4.69, 9.17) is 9.84 Å². The summed E-state index contributed by atoms with van der Waals surface area (Å²) in [5.41, 5.74) is -0.656. The molecule has 1 aliphatic rings. The Labute approximate surface area is 122 Å². The van der Waals surface area contributed by atoms with Gasteiger partial charge < -0.3 is 9.84 Å². The molecule has 1 atom stereocenters. The van der Waals surface area contributed by atoms with Gasteiger partial charge in [0.2, 0.25) is 0 Å². The number of carboxylic acids is 1. The SMILES string of the molecule is CC1(C)CCC(CS(=O)(=O)c2ccc(C(=O)O)cc2F)O1. The van der Waals surface area contributed by atoms with Crippen molar-refractivity contribution in [2.45, 2.75) is 43.3 Å². The number of sulfone groups is 1. The molecule has 0 aromatic heterocycles. The number of benzene rings is 1. The summed E-state index contributed by atoms with van der Waals surface area (Å²) >= 11 is 0. The van der Waals surface area contributed by atoms with Crippen LogP contribution in [0.1, 0.15) is 37.0 Å². The summed E-state index contributed by atoms with van der Waals surface area (Å²) in [4.78, 5) is 10.2. The summed E-state index contributed by atoms with van der Waals surface area (Å²) < 4.78 is 43.9. The molecule has 0 radical (unpaired) electrons. The van der Waals surface area contributed by atoms with E-state index in [-0.39, 0.29) is 16.9 Å². The zero-order chi connectivity index (χ0) is 15.8. The Kier molecular flexibility index (Phi) is 4.08. The second kappa shape index (κ2) is 5.38. The van der Waals surface area contributed by atoms with Crippen LogP contribution in [0.25, 0.3) is 0 Å². The molecule has 1 fully saturated rings. The Morgan fingerprint density at radius 1 is 1.48 bits per heavy atom. The monoisotopic (exact) mass is 316 g/mol. The number of ether oxygens (including phenoxy) is 1. The third-order valence-electron chi connectivity index (χ3n) is 3.47. The minimum absolute atomic E-state index is 0.287. The number of rotatable bonds is 4. The maximum Gasteiger partial charge on any atom is 0.335 e. The van der Waals surface area contributed by atoms with E-state index in [1.54, 1.807) is 0 Å². The first-order valence-electron chi connectivity index (χ1n) is 6.54. The first kappa shape index (κ1) is 15.9. The molecular weight excluding hydrogens is 299 g/mol. The van der Waals surface area contributed by atoms with Crippen molar-refractivity contribution in [3.63, 3.8) is 0 Å². The molecule has 1 aromatic carbocycles. The van der Waals surface area contributed by atoms with E-state index in [1.165, 1.54) is 0 Å². The van der Waals surface area contributed by atoms with E-state index in [0.29, 0.717) is 12.5 Å². The number of hydrogen-bond donors (Lipinski definition) is 1. The number of aromatic carboxylic acids is 1. The molecular formula is C14H17FO5S. The molecule has 0 spiro atoms. The zero-order valence-corrected chi connectivity index (χ0v) is 12.6. The van der Waals surface area contributed by atoms with Crippen LogP contribution >= 0.6 is 0 Å². The van der Waals surface area contributed by atoms with Gasteiger partial charge in [0.05, 0.1) is 23.0 Å². The van der Waals surface area contributed by atoms with Crippen LogP contribution in [0.3, 0.4) is 0 Å². The van der Waals surface area contributed by atoms with E-state index >= 15 is 0 Å². The molecule has 1 aromatic rings. The molecule has 0 bridgehead atoms. The van der Waals surface area contributed by atoms with E-state index < -0.39 is 32.6 Å². The largest absolute Gasteiger partial charge is 0.478 e. The number of halogens is 1. The van der Waals surface area contributed by atoms with Crippen LogP contribution in [0.2, 0.25) is 0 Å². The van der Waals surface area contributed by atoms with Crippen LogP contribution in [0.15, 0.2) is 23.1 Å². The van der Waals surface area contributed by atoms with Crippen molar-refractivity contribution >= 4 is 15.8 Å². The lowest BCUT2D eigenvalue weighted by Gasteiger charge is -2.19. The fraction of sp³-hybridized carbons (Fsp3) is 0.500. The third kappa shape index (κ3) is 3.59. The van der Waals surface area contributed by atoms with Gasteiger partial charge in [0.15, 0.2) is 9.84 Å². The van der Waals surface area contributed by atoms with Crippen LogP contribution in [-0.4, -0.2) is 37.0 Å². The predicted molar refractivity (Wildman–Crippen MR) is 73.6 cm³/mol.